The van der Waals surface area contributed by atoms with E-state index in [9.17, 15) is 4.79 Å². The van der Waals surface area contributed by atoms with E-state index >= 15 is 0 Å². The zero-order valence-electron chi connectivity index (χ0n) is 11.3. The molecule has 1 aromatic carbocycles. The first-order chi connectivity index (χ1) is 10.3. The summed E-state index contributed by atoms with van der Waals surface area (Å²) in [4.78, 5) is 15.8. The molecule has 1 N–H and O–H groups in total. The van der Waals surface area contributed by atoms with Crippen LogP contribution >= 0.6 is 0 Å². The summed E-state index contributed by atoms with van der Waals surface area (Å²) in [5.41, 5.74) is 1.54. The molecule has 1 aliphatic rings. The molecule has 1 aromatic heterocycles. The Morgan fingerprint density at radius 1 is 1.19 bits per heavy atom. The molecule has 3 rings (SSSR count). The van der Waals surface area contributed by atoms with Crippen molar-refractivity contribution in [3.8, 4) is 11.5 Å². The van der Waals surface area contributed by atoms with Gasteiger partial charge in [0.15, 0.2) is 11.5 Å². The van der Waals surface area contributed by atoms with Gasteiger partial charge in [0.2, 0.25) is 5.91 Å². The van der Waals surface area contributed by atoms with E-state index < -0.39 is 0 Å². The minimum absolute atomic E-state index is 0.212. The average Bonchev–Trinajstić information content (AvgIpc) is 2.54. The third-order valence-corrected chi connectivity index (χ3v) is 2.92. The predicted molar refractivity (Wildman–Crippen MR) is 79.3 cm³/mol. The van der Waals surface area contributed by atoms with E-state index in [2.05, 4.69) is 10.3 Å². The molecule has 0 fully saturated rings. The molecule has 1 aliphatic heterocycles. The van der Waals surface area contributed by atoms with Crippen LogP contribution in [-0.4, -0.2) is 24.1 Å². The Kier molecular flexibility index (Phi) is 3.82. The molecule has 106 valence electrons. The minimum atomic E-state index is -0.212. The number of benzene rings is 1. The topological polar surface area (TPSA) is 60.5 Å². The molecule has 5 heteroatoms. The van der Waals surface area contributed by atoms with E-state index in [1.807, 2.05) is 12.1 Å². The zero-order chi connectivity index (χ0) is 14.5. The predicted octanol–water partition coefficient (Wildman–Crippen LogP) is 2.50. The maximum atomic E-state index is 11.9. The first-order valence-electron chi connectivity index (χ1n) is 6.60. The van der Waals surface area contributed by atoms with Gasteiger partial charge in [0.1, 0.15) is 13.2 Å². The lowest BCUT2D eigenvalue weighted by atomic mass is 10.2. The van der Waals surface area contributed by atoms with Crippen LogP contribution in [0.4, 0.5) is 5.69 Å². The van der Waals surface area contributed by atoms with Crippen molar-refractivity contribution in [1.82, 2.24) is 4.98 Å². The lowest BCUT2D eigenvalue weighted by Gasteiger charge is -2.18. The molecule has 0 unspecified atom stereocenters. The molecular weight excluding hydrogens is 268 g/mol. The van der Waals surface area contributed by atoms with Gasteiger partial charge in [0.25, 0.3) is 0 Å². The van der Waals surface area contributed by atoms with Crippen LogP contribution in [0.5, 0.6) is 11.5 Å². The highest BCUT2D eigenvalue weighted by atomic mass is 16.6. The Morgan fingerprint density at radius 3 is 2.86 bits per heavy atom. The van der Waals surface area contributed by atoms with Gasteiger partial charge in [0.05, 0.1) is 0 Å². The molecule has 21 heavy (non-hydrogen) atoms. The minimum Gasteiger partial charge on any atom is -0.486 e. The van der Waals surface area contributed by atoms with Crippen LogP contribution in [0.15, 0.2) is 48.8 Å². The number of ether oxygens (including phenoxy) is 2. The molecule has 0 radical (unpaired) electrons. The summed E-state index contributed by atoms with van der Waals surface area (Å²) >= 11 is 0. The van der Waals surface area contributed by atoms with Gasteiger partial charge < -0.3 is 14.8 Å². The molecular formula is C16H14N2O3. The highest BCUT2D eigenvalue weighted by Gasteiger charge is 2.12. The van der Waals surface area contributed by atoms with E-state index in [-0.39, 0.29) is 5.91 Å². The first-order valence-corrected chi connectivity index (χ1v) is 6.60. The largest absolute Gasteiger partial charge is 0.486 e. The van der Waals surface area contributed by atoms with Crippen molar-refractivity contribution >= 4 is 17.7 Å². The fraction of sp³-hybridized carbons (Fsp3) is 0.125. The number of nitrogens with zero attached hydrogens (tertiary/aromatic N) is 1. The second-order valence-corrected chi connectivity index (χ2v) is 4.47. The van der Waals surface area contributed by atoms with Crippen LogP contribution in [0.2, 0.25) is 0 Å². The molecule has 0 spiro atoms. The van der Waals surface area contributed by atoms with Crippen LogP contribution in [-0.2, 0) is 4.79 Å². The monoisotopic (exact) mass is 282 g/mol. The maximum Gasteiger partial charge on any atom is 0.248 e. The van der Waals surface area contributed by atoms with Crippen LogP contribution in [0.25, 0.3) is 6.08 Å². The van der Waals surface area contributed by atoms with E-state index in [1.54, 1.807) is 36.7 Å². The summed E-state index contributed by atoms with van der Waals surface area (Å²) in [6.45, 7) is 1.07. The summed E-state index contributed by atoms with van der Waals surface area (Å²) in [5, 5.41) is 2.78. The number of rotatable bonds is 3. The molecule has 0 atom stereocenters. The Hall–Kier alpha value is -2.82. The van der Waals surface area contributed by atoms with Crippen LogP contribution in [0, 0.1) is 0 Å². The van der Waals surface area contributed by atoms with Crippen LogP contribution < -0.4 is 14.8 Å². The number of pyridine rings is 1. The Bertz CT molecular complexity index is 668. The number of nitrogens with one attached hydrogen (secondary N) is 1. The number of fused-ring (bicyclic) bond motifs is 1. The van der Waals surface area contributed by atoms with Crippen molar-refractivity contribution in [2.24, 2.45) is 0 Å². The van der Waals surface area contributed by atoms with Crippen molar-refractivity contribution < 1.29 is 14.3 Å². The number of hydrogen-bond acceptors (Lipinski definition) is 4. The third kappa shape index (κ3) is 3.39. The van der Waals surface area contributed by atoms with Crippen molar-refractivity contribution in [2.45, 2.75) is 0 Å². The Labute approximate surface area is 122 Å². The summed E-state index contributed by atoms with van der Waals surface area (Å²) in [6, 6.07) is 9.02. The number of hydrogen-bond donors (Lipinski definition) is 1. The van der Waals surface area contributed by atoms with Gasteiger partial charge in [-0.3, -0.25) is 9.78 Å². The molecule has 1 amide bonds. The molecule has 5 nitrogen and oxygen atoms in total. The molecule has 0 saturated carbocycles. The second kappa shape index (κ2) is 6.09. The number of amides is 1. The number of carbonyl (C=O) groups excluding carboxylic acids is 1. The van der Waals surface area contributed by atoms with Gasteiger partial charge in [-0.15, -0.1) is 0 Å². The van der Waals surface area contributed by atoms with Gasteiger partial charge in [-0.1, -0.05) is 6.07 Å². The highest BCUT2D eigenvalue weighted by molar-refractivity contribution is 6.02. The maximum absolute atomic E-state index is 11.9. The zero-order valence-corrected chi connectivity index (χ0v) is 11.3. The van der Waals surface area contributed by atoms with E-state index in [0.717, 1.165) is 5.56 Å². The van der Waals surface area contributed by atoms with Gasteiger partial charge in [0, 0.05) is 30.2 Å². The fourth-order valence-corrected chi connectivity index (χ4v) is 1.95. The summed E-state index contributed by atoms with van der Waals surface area (Å²) < 4.78 is 10.9. The second-order valence-electron chi connectivity index (χ2n) is 4.47. The molecule has 2 heterocycles. The standard InChI is InChI=1S/C16H14N2O3/c19-16(6-3-12-2-1-7-17-11-12)18-13-4-5-14-15(10-13)21-9-8-20-14/h1-7,10-11H,8-9H2,(H,18,19)/b6-3+. The van der Waals surface area contributed by atoms with Crippen LogP contribution in [0.3, 0.4) is 0 Å². The van der Waals surface area contributed by atoms with Gasteiger partial charge in [-0.2, -0.15) is 0 Å². The number of carbonyl (C=O) groups is 1. The quantitative estimate of drug-likeness (QED) is 0.879. The SMILES string of the molecule is O=C(/C=C/c1cccnc1)Nc1ccc2c(c1)OCCO2. The summed E-state index contributed by atoms with van der Waals surface area (Å²) in [5.74, 6) is 1.14. The van der Waals surface area contributed by atoms with Crippen molar-refractivity contribution in [3.05, 3.63) is 54.4 Å². The smallest absolute Gasteiger partial charge is 0.248 e. The van der Waals surface area contributed by atoms with E-state index in [0.29, 0.717) is 30.4 Å². The summed E-state index contributed by atoms with van der Waals surface area (Å²) in [6.07, 6.45) is 6.55. The van der Waals surface area contributed by atoms with Crippen LogP contribution in [0.1, 0.15) is 5.56 Å². The third-order valence-electron chi connectivity index (χ3n) is 2.92. The van der Waals surface area contributed by atoms with Crippen molar-refractivity contribution in [1.29, 1.82) is 0 Å². The Balaban J connectivity index is 1.66. The summed E-state index contributed by atoms with van der Waals surface area (Å²) in [7, 11) is 0. The fourth-order valence-electron chi connectivity index (χ4n) is 1.95. The molecule has 0 bridgehead atoms. The molecule has 0 aliphatic carbocycles. The molecule has 2 aromatic rings. The van der Waals surface area contributed by atoms with E-state index in [4.69, 9.17) is 9.47 Å². The first kappa shape index (κ1) is 13.2. The van der Waals surface area contributed by atoms with Gasteiger partial charge in [-0.25, -0.2) is 0 Å². The Morgan fingerprint density at radius 2 is 2.05 bits per heavy atom. The number of aromatic nitrogens is 1. The van der Waals surface area contributed by atoms with E-state index in [1.165, 1.54) is 6.08 Å². The van der Waals surface area contributed by atoms with Gasteiger partial charge >= 0.3 is 0 Å². The average molecular weight is 282 g/mol. The lowest BCUT2D eigenvalue weighted by Crippen LogP contribution is -2.16. The lowest BCUT2D eigenvalue weighted by molar-refractivity contribution is -0.111. The number of anilines is 1. The van der Waals surface area contributed by atoms with Gasteiger partial charge in [-0.05, 0) is 29.8 Å². The van der Waals surface area contributed by atoms with Crippen molar-refractivity contribution in [2.75, 3.05) is 18.5 Å². The highest BCUT2D eigenvalue weighted by Crippen LogP contribution is 2.32. The normalized spacial score (nSPS) is 13.1. The molecule has 0 saturated heterocycles. The van der Waals surface area contributed by atoms with Crippen molar-refractivity contribution in [3.63, 3.8) is 0 Å².